The molecule has 1 aliphatic heterocycles. The van der Waals surface area contributed by atoms with Crippen LogP contribution in [0.4, 0.5) is 0 Å². The third-order valence-corrected chi connectivity index (χ3v) is 8.07. The summed E-state index contributed by atoms with van der Waals surface area (Å²) in [5.41, 5.74) is 0. The van der Waals surface area contributed by atoms with Gasteiger partial charge in [-0.15, -0.1) is 11.3 Å². The first kappa shape index (κ1) is 21.8. The fourth-order valence-corrected chi connectivity index (χ4v) is 6.44. The van der Waals surface area contributed by atoms with E-state index in [-0.39, 0.29) is 41.9 Å². The van der Waals surface area contributed by atoms with E-state index in [4.69, 9.17) is 4.74 Å². The third-order valence-electron chi connectivity index (χ3n) is 5.32. The summed E-state index contributed by atoms with van der Waals surface area (Å²) in [6.45, 7) is 1.11. The lowest BCUT2D eigenvalue weighted by Gasteiger charge is -2.33. The topological polar surface area (TPSA) is 110 Å². The minimum atomic E-state index is -3.13. The van der Waals surface area contributed by atoms with Gasteiger partial charge in [-0.05, 0) is 38.3 Å². The minimum absolute atomic E-state index is 0.00118. The second-order valence-electron chi connectivity index (χ2n) is 7.55. The summed E-state index contributed by atoms with van der Waals surface area (Å²) in [6.07, 6.45) is 4.11. The standard InChI is InChI=1S/C19H26N2O6S2/c1-13-6-7-16(28-13)19(24)20-10-18(23)27-11-17(22)21(14-4-2-3-5-14)15-8-9-29(25,26)12-15/h6-7,14-15H,2-5,8-12H2,1H3,(H,20,24). The fourth-order valence-electron chi connectivity index (χ4n) is 3.95. The number of sulfone groups is 1. The van der Waals surface area contributed by atoms with Gasteiger partial charge in [0, 0.05) is 17.0 Å². The van der Waals surface area contributed by atoms with Crippen LogP contribution in [0.2, 0.25) is 0 Å². The van der Waals surface area contributed by atoms with Gasteiger partial charge in [0.25, 0.3) is 11.8 Å². The van der Waals surface area contributed by atoms with E-state index in [0.29, 0.717) is 11.3 Å². The summed E-state index contributed by atoms with van der Waals surface area (Å²) >= 11 is 1.32. The molecule has 2 fully saturated rings. The van der Waals surface area contributed by atoms with Crippen molar-refractivity contribution in [3.8, 4) is 0 Å². The smallest absolute Gasteiger partial charge is 0.325 e. The van der Waals surface area contributed by atoms with Gasteiger partial charge in [-0.25, -0.2) is 8.42 Å². The Morgan fingerprint density at radius 1 is 1.17 bits per heavy atom. The maximum Gasteiger partial charge on any atom is 0.325 e. The van der Waals surface area contributed by atoms with Gasteiger partial charge in [0.1, 0.15) is 6.54 Å². The van der Waals surface area contributed by atoms with Crippen LogP contribution < -0.4 is 5.32 Å². The van der Waals surface area contributed by atoms with Crippen molar-refractivity contribution in [1.29, 1.82) is 0 Å². The number of rotatable bonds is 7. The molecule has 0 spiro atoms. The van der Waals surface area contributed by atoms with Crippen LogP contribution >= 0.6 is 11.3 Å². The molecule has 1 saturated heterocycles. The maximum atomic E-state index is 12.8. The number of carbonyl (C=O) groups is 3. The summed E-state index contributed by atoms with van der Waals surface area (Å²) in [5.74, 6) is -1.38. The molecule has 1 atom stereocenters. The molecule has 1 aliphatic carbocycles. The van der Waals surface area contributed by atoms with Gasteiger partial charge in [0.15, 0.2) is 16.4 Å². The lowest BCUT2D eigenvalue weighted by molar-refractivity contribution is -0.153. The Morgan fingerprint density at radius 2 is 1.90 bits per heavy atom. The highest BCUT2D eigenvalue weighted by Crippen LogP contribution is 2.29. The highest BCUT2D eigenvalue weighted by Gasteiger charge is 2.39. The van der Waals surface area contributed by atoms with Crippen molar-refractivity contribution in [2.45, 2.75) is 51.1 Å². The van der Waals surface area contributed by atoms with E-state index in [2.05, 4.69) is 5.32 Å². The van der Waals surface area contributed by atoms with Crippen LogP contribution in [-0.2, 0) is 24.2 Å². The van der Waals surface area contributed by atoms with E-state index in [1.807, 2.05) is 13.0 Å². The summed E-state index contributed by atoms with van der Waals surface area (Å²) < 4.78 is 28.8. The Labute approximate surface area is 174 Å². The molecule has 10 heteroatoms. The molecule has 2 heterocycles. The number of aryl methyl sites for hydroxylation is 1. The number of thiophene rings is 1. The third kappa shape index (κ3) is 5.79. The van der Waals surface area contributed by atoms with Gasteiger partial charge in [0.2, 0.25) is 0 Å². The molecule has 0 radical (unpaired) electrons. The Morgan fingerprint density at radius 3 is 2.48 bits per heavy atom. The summed E-state index contributed by atoms with van der Waals surface area (Å²) in [6, 6.07) is 3.15. The van der Waals surface area contributed by atoms with Crippen LogP contribution in [-0.4, -0.2) is 67.8 Å². The van der Waals surface area contributed by atoms with Crippen LogP contribution in [0.5, 0.6) is 0 Å². The van der Waals surface area contributed by atoms with Crippen molar-refractivity contribution in [3.63, 3.8) is 0 Å². The molecule has 3 rings (SSSR count). The van der Waals surface area contributed by atoms with Gasteiger partial charge in [-0.1, -0.05) is 12.8 Å². The molecular weight excluding hydrogens is 416 g/mol. The second kappa shape index (κ2) is 9.25. The highest BCUT2D eigenvalue weighted by molar-refractivity contribution is 7.91. The van der Waals surface area contributed by atoms with Gasteiger partial charge < -0.3 is 15.0 Å². The second-order valence-corrected chi connectivity index (χ2v) is 11.1. The molecule has 0 bridgehead atoms. The Bertz CT molecular complexity index is 873. The van der Waals surface area contributed by atoms with Crippen molar-refractivity contribution in [2.24, 2.45) is 0 Å². The molecule has 1 unspecified atom stereocenters. The Kier molecular flexibility index (Phi) is 6.94. The van der Waals surface area contributed by atoms with Gasteiger partial charge in [-0.3, -0.25) is 14.4 Å². The first-order valence-electron chi connectivity index (χ1n) is 9.77. The first-order chi connectivity index (χ1) is 13.7. The lowest BCUT2D eigenvalue weighted by atomic mass is 10.1. The van der Waals surface area contributed by atoms with Crippen LogP contribution in [0.1, 0.15) is 46.7 Å². The zero-order chi connectivity index (χ0) is 21.0. The molecule has 160 valence electrons. The fraction of sp³-hybridized carbons (Fsp3) is 0.632. The van der Waals surface area contributed by atoms with E-state index in [1.54, 1.807) is 11.0 Å². The molecule has 1 aromatic rings. The molecule has 1 aromatic heterocycles. The van der Waals surface area contributed by atoms with Crippen LogP contribution in [0, 0.1) is 6.92 Å². The summed E-state index contributed by atoms with van der Waals surface area (Å²) in [5, 5.41) is 2.48. The maximum absolute atomic E-state index is 12.8. The number of esters is 1. The van der Waals surface area contributed by atoms with Crippen molar-refractivity contribution in [3.05, 3.63) is 21.9 Å². The zero-order valence-electron chi connectivity index (χ0n) is 16.4. The van der Waals surface area contributed by atoms with E-state index in [9.17, 15) is 22.8 Å². The van der Waals surface area contributed by atoms with E-state index < -0.39 is 22.4 Å². The van der Waals surface area contributed by atoms with Crippen molar-refractivity contribution < 1.29 is 27.5 Å². The Balaban J connectivity index is 1.51. The number of hydrogen-bond donors (Lipinski definition) is 1. The number of ether oxygens (including phenoxy) is 1. The molecular formula is C19H26N2O6S2. The molecule has 0 aromatic carbocycles. The number of nitrogens with zero attached hydrogens (tertiary/aromatic N) is 1. The highest BCUT2D eigenvalue weighted by atomic mass is 32.2. The SMILES string of the molecule is Cc1ccc(C(=O)NCC(=O)OCC(=O)N(C2CCCC2)C2CCS(=O)(=O)C2)s1. The van der Waals surface area contributed by atoms with E-state index in [0.717, 1.165) is 30.6 Å². The van der Waals surface area contributed by atoms with Crippen molar-refractivity contribution in [1.82, 2.24) is 10.2 Å². The average Bonchev–Trinajstić information content (AvgIpc) is 3.40. The van der Waals surface area contributed by atoms with Crippen LogP contribution in [0.3, 0.4) is 0 Å². The summed E-state index contributed by atoms with van der Waals surface area (Å²) in [4.78, 5) is 39.8. The summed E-state index contributed by atoms with van der Waals surface area (Å²) in [7, 11) is -3.13. The number of nitrogens with one attached hydrogen (secondary N) is 1. The number of hydrogen-bond acceptors (Lipinski definition) is 7. The zero-order valence-corrected chi connectivity index (χ0v) is 18.0. The van der Waals surface area contributed by atoms with Crippen molar-refractivity contribution in [2.75, 3.05) is 24.7 Å². The quantitative estimate of drug-likeness (QED) is 0.637. The van der Waals surface area contributed by atoms with Crippen LogP contribution in [0.15, 0.2) is 12.1 Å². The first-order valence-corrected chi connectivity index (χ1v) is 12.4. The monoisotopic (exact) mass is 442 g/mol. The molecule has 29 heavy (non-hydrogen) atoms. The number of carbonyl (C=O) groups excluding carboxylic acids is 3. The molecule has 1 N–H and O–H groups in total. The average molecular weight is 443 g/mol. The van der Waals surface area contributed by atoms with Crippen LogP contribution in [0.25, 0.3) is 0 Å². The van der Waals surface area contributed by atoms with E-state index >= 15 is 0 Å². The molecule has 2 aliphatic rings. The lowest BCUT2D eigenvalue weighted by Crippen LogP contribution is -2.48. The molecule has 2 amide bonds. The predicted octanol–water partition coefficient (Wildman–Crippen LogP) is 1.29. The largest absolute Gasteiger partial charge is 0.454 e. The van der Waals surface area contributed by atoms with Gasteiger partial charge in [-0.2, -0.15) is 0 Å². The predicted molar refractivity (Wildman–Crippen MR) is 109 cm³/mol. The molecule has 8 nitrogen and oxygen atoms in total. The van der Waals surface area contributed by atoms with Crippen molar-refractivity contribution >= 4 is 39.0 Å². The molecule has 1 saturated carbocycles. The van der Waals surface area contributed by atoms with E-state index in [1.165, 1.54) is 11.3 Å². The van der Waals surface area contributed by atoms with Gasteiger partial charge in [0.05, 0.1) is 16.4 Å². The minimum Gasteiger partial charge on any atom is -0.454 e. The van der Waals surface area contributed by atoms with Gasteiger partial charge >= 0.3 is 5.97 Å². The number of amides is 2. The Hall–Kier alpha value is -1.94. The normalized spacial score (nSPS) is 21.1.